The minimum absolute atomic E-state index is 0.911. The van der Waals surface area contributed by atoms with E-state index < -0.39 is 56.8 Å². The highest BCUT2D eigenvalue weighted by molar-refractivity contribution is 8.05. The Morgan fingerprint density at radius 2 is 1.04 bits per heavy atom. The molecule has 0 aromatic heterocycles. The van der Waals surface area contributed by atoms with Crippen LogP contribution in [-0.2, 0) is 30.8 Å². The van der Waals surface area contributed by atoms with Gasteiger partial charge in [0.15, 0.2) is 0 Å². The molecule has 0 spiro atoms. The average molecular weight is 427 g/mol. The fourth-order valence-corrected chi connectivity index (χ4v) is 3.57. The molecule has 0 saturated heterocycles. The van der Waals surface area contributed by atoms with Crippen LogP contribution < -0.4 is 4.13 Å². The van der Waals surface area contributed by atoms with Gasteiger partial charge in [0.25, 0.3) is 10.0 Å². The number of halogens is 9. The number of nitrogens with one attached hydrogen (secondary N) is 1. The van der Waals surface area contributed by atoms with Crippen molar-refractivity contribution in [2.24, 2.45) is 0 Å². The molecule has 0 heterocycles. The van der Waals surface area contributed by atoms with Crippen LogP contribution in [0.15, 0.2) is 0 Å². The number of thiol groups is 1. The summed E-state index contributed by atoms with van der Waals surface area (Å²) in [5.41, 5.74) is -6.59. The van der Waals surface area contributed by atoms with Crippen LogP contribution in [0.4, 0.5) is 39.5 Å². The van der Waals surface area contributed by atoms with E-state index in [1.807, 2.05) is 0 Å². The Bertz CT molecular complexity index is 739. The van der Waals surface area contributed by atoms with E-state index in [4.69, 9.17) is 0 Å². The van der Waals surface area contributed by atoms with Crippen molar-refractivity contribution in [3.05, 3.63) is 0 Å². The van der Waals surface area contributed by atoms with Crippen molar-refractivity contribution in [1.29, 1.82) is 0 Å². The Labute approximate surface area is 122 Å². The fourth-order valence-electron chi connectivity index (χ4n) is 0.702. The molecule has 0 atom stereocenters. The maximum atomic E-state index is 13.0. The lowest BCUT2D eigenvalue weighted by atomic mass is 10.3. The summed E-state index contributed by atoms with van der Waals surface area (Å²) < 4.78 is 173. The van der Waals surface area contributed by atoms with Gasteiger partial charge in [-0.25, -0.2) is 25.3 Å². The molecule has 0 unspecified atom stereocenters. The Kier molecular flexibility index (Phi) is 5.42. The molecule has 23 heavy (non-hydrogen) atoms. The van der Waals surface area contributed by atoms with Gasteiger partial charge >= 0.3 is 32.0 Å². The monoisotopic (exact) mass is 427 g/mol. The second-order valence-corrected chi connectivity index (χ2v) is 8.16. The second kappa shape index (κ2) is 5.62. The first-order chi connectivity index (χ1) is 9.65. The first-order valence-electron chi connectivity index (χ1n) is 4.27. The predicted molar refractivity (Wildman–Crippen MR) is 52.2 cm³/mol. The van der Waals surface area contributed by atoms with Crippen molar-refractivity contribution in [2.75, 3.05) is 0 Å². The summed E-state index contributed by atoms with van der Waals surface area (Å²) in [5, 5.41) is -14.0. The van der Waals surface area contributed by atoms with Crippen LogP contribution >= 0.6 is 0 Å². The third-order valence-electron chi connectivity index (χ3n) is 1.83. The van der Waals surface area contributed by atoms with Crippen molar-refractivity contribution >= 4 is 30.8 Å². The van der Waals surface area contributed by atoms with Crippen molar-refractivity contribution in [3.8, 4) is 0 Å². The van der Waals surface area contributed by atoms with Gasteiger partial charge in [0.05, 0.1) is 0 Å². The summed E-state index contributed by atoms with van der Waals surface area (Å²) in [5.74, 6) is -7.30. The fraction of sp³-hybridized carbons (Fsp3) is 1.00. The summed E-state index contributed by atoms with van der Waals surface area (Å²) in [6.45, 7) is 0. The zero-order valence-corrected chi connectivity index (χ0v) is 12.1. The third kappa shape index (κ3) is 3.50. The van der Waals surface area contributed by atoms with E-state index in [0.29, 0.717) is 0 Å². The zero-order valence-electron chi connectivity index (χ0n) is 9.61. The largest absolute Gasteiger partial charge is 0.512 e. The van der Waals surface area contributed by atoms with Crippen molar-refractivity contribution in [3.63, 3.8) is 0 Å². The molecule has 0 rings (SSSR count). The molecular weight excluding hydrogens is 425 g/mol. The molecule has 0 aliphatic heterocycles. The molecule has 0 bridgehead atoms. The Morgan fingerprint density at radius 3 is 1.30 bits per heavy atom. The van der Waals surface area contributed by atoms with Crippen LogP contribution in [0.2, 0.25) is 0 Å². The van der Waals surface area contributed by atoms with Crippen molar-refractivity contribution < 1.29 is 64.8 Å². The van der Waals surface area contributed by atoms with Crippen LogP contribution in [0.25, 0.3) is 0 Å². The quantitative estimate of drug-likeness (QED) is 0.462. The van der Waals surface area contributed by atoms with Gasteiger partial charge in [-0.05, 0) is 0 Å². The van der Waals surface area contributed by atoms with Crippen LogP contribution in [0.3, 0.4) is 0 Å². The molecular formula is C4H2F9NO6S3. The number of hydrogen-bond acceptors (Lipinski definition) is 6. The van der Waals surface area contributed by atoms with Crippen LogP contribution in [0.5, 0.6) is 0 Å². The molecule has 0 saturated carbocycles. The smallest absolute Gasteiger partial charge is 0.225 e. The minimum Gasteiger partial charge on any atom is -0.225 e. The van der Waals surface area contributed by atoms with E-state index in [-0.39, 0.29) is 0 Å². The van der Waals surface area contributed by atoms with Gasteiger partial charge < -0.3 is 0 Å². The van der Waals surface area contributed by atoms with Gasteiger partial charge in [-0.15, -0.1) is 0 Å². The molecule has 140 valence electrons. The molecule has 1 N–H and O–H groups in total. The van der Waals surface area contributed by atoms with Gasteiger partial charge in [-0.2, -0.15) is 39.5 Å². The zero-order chi connectivity index (χ0) is 19.3. The highest BCUT2D eigenvalue weighted by Gasteiger charge is 2.80. The predicted octanol–water partition coefficient (Wildman–Crippen LogP) is 0.188. The lowest BCUT2D eigenvalue weighted by Crippen LogP contribution is -2.62. The van der Waals surface area contributed by atoms with Crippen molar-refractivity contribution in [1.82, 2.24) is 4.13 Å². The van der Waals surface area contributed by atoms with Gasteiger partial charge in [0.1, 0.15) is 0 Å². The molecule has 0 aliphatic rings. The average Bonchev–Trinajstić information content (AvgIpc) is 2.24. The second-order valence-electron chi connectivity index (χ2n) is 3.43. The lowest BCUT2D eigenvalue weighted by Gasteiger charge is -2.29. The summed E-state index contributed by atoms with van der Waals surface area (Å²) in [7, 11) is -20.6. The summed E-state index contributed by atoms with van der Waals surface area (Å²) in [6, 6.07) is 0. The van der Waals surface area contributed by atoms with E-state index in [0.717, 1.165) is 0 Å². The normalized spacial score (nSPS) is 15.9. The van der Waals surface area contributed by atoms with E-state index in [9.17, 15) is 64.8 Å². The molecule has 19 heteroatoms. The molecule has 0 amide bonds. The maximum absolute atomic E-state index is 13.0. The Hall–Kier alpha value is -0.820. The maximum Gasteiger partial charge on any atom is 0.512 e. The van der Waals surface area contributed by atoms with Gasteiger partial charge in [0, 0.05) is 0 Å². The SMILES string of the molecule is O=[SH](=O)C(F)(F)C(F)(F)C(F)(F)S(=O)(=O)NS(=O)(=O)C(F)(F)F. The summed E-state index contributed by atoms with van der Waals surface area (Å²) >= 11 is 0. The van der Waals surface area contributed by atoms with E-state index in [1.54, 1.807) is 0 Å². The molecule has 0 aromatic rings. The topological polar surface area (TPSA) is 114 Å². The van der Waals surface area contributed by atoms with Crippen LogP contribution in [0, 0.1) is 0 Å². The summed E-state index contributed by atoms with van der Waals surface area (Å²) in [6.07, 6.45) is 0. The number of sulfonamides is 2. The van der Waals surface area contributed by atoms with E-state index in [1.165, 1.54) is 0 Å². The minimum atomic E-state index is -7.66. The van der Waals surface area contributed by atoms with Gasteiger partial charge in [-0.1, -0.05) is 4.13 Å². The van der Waals surface area contributed by atoms with Crippen molar-refractivity contribution in [2.45, 2.75) is 21.9 Å². The lowest BCUT2D eigenvalue weighted by molar-refractivity contribution is -0.242. The molecule has 7 nitrogen and oxygen atoms in total. The van der Waals surface area contributed by atoms with E-state index in [2.05, 4.69) is 0 Å². The molecule has 0 radical (unpaired) electrons. The number of rotatable bonds is 6. The van der Waals surface area contributed by atoms with Gasteiger partial charge in [-0.3, -0.25) is 0 Å². The Morgan fingerprint density at radius 1 is 0.696 bits per heavy atom. The molecule has 0 aromatic carbocycles. The highest BCUT2D eigenvalue weighted by atomic mass is 32.3. The third-order valence-corrected chi connectivity index (χ3v) is 5.87. The molecule has 0 fully saturated rings. The highest BCUT2D eigenvalue weighted by Crippen LogP contribution is 2.48. The van der Waals surface area contributed by atoms with Crippen LogP contribution in [0.1, 0.15) is 0 Å². The number of alkyl halides is 9. The van der Waals surface area contributed by atoms with Crippen LogP contribution in [-0.4, -0.2) is 47.2 Å². The molecule has 0 aliphatic carbocycles. The van der Waals surface area contributed by atoms with E-state index >= 15 is 0 Å². The first-order valence-corrected chi connectivity index (χ1v) is 8.42. The summed E-state index contributed by atoms with van der Waals surface area (Å²) in [4.78, 5) is 0. The Balaban J connectivity index is 6.23. The standard InChI is InChI=1S/C4H2F9NO6S3/c5-1(6,2(7,8)21(15)16)3(9,10)22(17,18)14-23(19,20)4(11,12)13/h14,21H. The number of hydrogen-bond donors (Lipinski definition) is 2. The van der Waals surface area contributed by atoms with Gasteiger partial charge in [0.2, 0.25) is 10.7 Å². The first kappa shape index (κ1) is 22.2.